The number of benzene rings is 3. The molecule has 33 heavy (non-hydrogen) atoms. The molecule has 2 heterocycles. The molecule has 0 aliphatic heterocycles. The summed E-state index contributed by atoms with van der Waals surface area (Å²) >= 11 is 0. The van der Waals surface area contributed by atoms with Gasteiger partial charge >= 0.3 is 0 Å². The molecular formula is C31H31NO. The zero-order valence-corrected chi connectivity index (χ0v) is 20.1. The van der Waals surface area contributed by atoms with Gasteiger partial charge in [0.1, 0.15) is 11.2 Å². The van der Waals surface area contributed by atoms with E-state index in [0.717, 1.165) is 34.2 Å². The summed E-state index contributed by atoms with van der Waals surface area (Å²) < 4.78 is 6.28. The molecule has 5 rings (SSSR count). The van der Waals surface area contributed by atoms with Gasteiger partial charge in [-0.05, 0) is 64.9 Å². The second-order valence-corrected chi connectivity index (χ2v) is 10.8. The zero-order valence-electron chi connectivity index (χ0n) is 20.1. The molecule has 2 nitrogen and oxygen atoms in total. The van der Waals surface area contributed by atoms with Crippen LogP contribution in [0.5, 0.6) is 0 Å². The monoisotopic (exact) mass is 433 g/mol. The fourth-order valence-corrected chi connectivity index (χ4v) is 4.87. The van der Waals surface area contributed by atoms with Gasteiger partial charge in [0.2, 0.25) is 0 Å². The standard InChI is InChI=1S/C31H31NO/c1-30(2,3)20-21-16-17-32-26(18-21)22-14-15-27-24(19-22)29-25(12-9-13-28(29)33-27)31(4,5)23-10-7-6-8-11-23/h6-19H,20H2,1-5H3. The molecule has 0 fully saturated rings. The molecule has 0 aliphatic carbocycles. The normalized spacial score (nSPS) is 12.5. The van der Waals surface area contributed by atoms with E-state index in [9.17, 15) is 0 Å². The maximum absolute atomic E-state index is 6.28. The van der Waals surface area contributed by atoms with Crippen molar-refractivity contribution in [3.05, 3.63) is 102 Å². The summed E-state index contributed by atoms with van der Waals surface area (Å²) in [6.45, 7) is 11.4. The van der Waals surface area contributed by atoms with Crippen LogP contribution in [0.15, 0.2) is 89.5 Å². The van der Waals surface area contributed by atoms with E-state index in [1.807, 2.05) is 6.20 Å². The lowest BCUT2D eigenvalue weighted by atomic mass is 9.76. The third kappa shape index (κ3) is 4.06. The van der Waals surface area contributed by atoms with Crippen LogP contribution < -0.4 is 0 Å². The Morgan fingerprint density at radius 3 is 2.30 bits per heavy atom. The third-order valence-corrected chi connectivity index (χ3v) is 6.52. The van der Waals surface area contributed by atoms with Crippen molar-refractivity contribution in [3.8, 4) is 11.3 Å². The summed E-state index contributed by atoms with van der Waals surface area (Å²) in [5.41, 5.74) is 7.93. The van der Waals surface area contributed by atoms with E-state index in [4.69, 9.17) is 9.40 Å². The molecule has 0 aliphatic rings. The number of pyridine rings is 1. The fourth-order valence-electron chi connectivity index (χ4n) is 4.87. The van der Waals surface area contributed by atoms with Gasteiger partial charge in [0, 0.05) is 27.9 Å². The van der Waals surface area contributed by atoms with Gasteiger partial charge in [0.05, 0.1) is 5.69 Å². The van der Waals surface area contributed by atoms with E-state index in [1.54, 1.807) is 0 Å². The van der Waals surface area contributed by atoms with E-state index >= 15 is 0 Å². The number of nitrogens with zero attached hydrogens (tertiary/aromatic N) is 1. The first-order valence-corrected chi connectivity index (χ1v) is 11.7. The molecule has 3 aromatic carbocycles. The number of aromatic nitrogens is 1. The topological polar surface area (TPSA) is 26.0 Å². The molecule has 0 bridgehead atoms. The van der Waals surface area contributed by atoms with Crippen molar-refractivity contribution >= 4 is 21.9 Å². The first-order valence-electron chi connectivity index (χ1n) is 11.7. The Morgan fingerprint density at radius 2 is 1.55 bits per heavy atom. The van der Waals surface area contributed by atoms with Gasteiger partial charge in [0.15, 0.2) is 0 Å². The highest BCUT2D eigenvalue weighted by Gasteiger charge is 2.27. The van der Waals surface area contributed by atoms with Crippen molar-refractivity contribution < 1.29 is 4.42 Å². The highest BCUT2D eigenvalue weighted by Crippen LogP contribution is 2.41. The fraction of sp³-hybridized carbons (Fsp3) is 0.258. The summed E-state index contributed by atoms with van der Waals surface area (Å²) in [4.78, 5) is 4.70. The summed E-state index contributed by atoms with van der Waals surface area (Å²) in [6.07, 6.45) is 2.95. The Bertz CT molecular complexity index is 1430. The minimum Gasteiger partial charge on any atom is -0.456 e. The van der Waals surface area contributed by atoms with Crippen molar-refractivity contribution in [2.45, 2.75) is 46.5 Å². The van der Waals surface area contributed by atoms with Gasteiger partial charge in [-0.1, -0.05) is 77.1 Å². The minimum absolute atomic E-state index is 0.154. The highest BCUT2D eigenvalue weighted by molar-refractivity contribution is 6.08. The summed E-state index contributed by atoms with van der Waals surface area (Å²) in [5, 5.41) is 2.33. The molecule has 0 saturated heterocycles. The summed E-state index contributed by atoms with van der Waals surface area (Å²) in [6, 6.07) is 27.9. The van der Waals surface area contributed by atoms with Gasteiger partial charge in [-0.15, -0.1) is 0 Å². The zero-order chi connectivity index (χ0) is 23.2. The van der Waals surface area contributed by atoms with Crippen LogP contribution in [0, 0.1) is 5.41 Å². The van der Waals surface area contributed by atoms with Crippen LogP contribution in [-0.2, 0) is 11.8 Å². The maximum atomic E-state index is 6.28. The lowest BCUT2D eigenvalue weighted by Gasteiger charge is -2.27. The second kappa shape index (κ2) is 7.88. The van der Waals surface area contributed by atoms with Crippen LogP contribution >= 0.6 is 0 Å². The van der Waals surface area contributed by atoms with Crippen molar-refractivity contribution in [2.75, 3.05) is 0 Å². The lowest BCUT2D eigenvalue weighted by molar-refractivity contribution is 0.411. The van der Waals surface area contributed by atoms with E-state index in [2.05, 4.69) is 113 Å². The molecule has 166 valence electrons. The lowest BCUT2D eigenvalue weighted by Crippen LogP contribution is -2.19. The molecule has 0 saturated carbocycles. The van der Waals surface area contributed by atoms with Gasteiger partial charge in [0.25, 0.3) is 0 Å². The highest BCUT2D eigenvalue weighted by atomic mass is 16.3. The molecule has 0 spiro atoms. The quantitative estimate of drug-likeness (QED) is 0.284. The number of hydrogen-bond acceptors (Lipinski definition) is 2. The molecule has 2 aromatic heterocycles. The van der Waals surface area contributed by atoms with Gasteiger partial charge in [-0.2, -0.15) is 0 Å². The van der Waals surface area contributed by atoms with Crippen LogP contribution in [0.3, 0.4) is 0 Å². The van der Waals surface area contributed by atoms with Gasteiger partial charge in [-0.25, -0.2) is 0 Å². The van der Waals surface area contributed by atoms with E-state index in [1.165, 1.54) is 22.1 Å². The van der Waals surface area contributed by atoms with Crippen LogP contribution in [0.25, 0.3) is 33.2 Å². The SMILES string of the molecule is CC(C)(C)Cc1ccnc(-c2ccc3oc4cccc(C(C)(C)c5ccccc5)c4c3c2)c1. The van der Waals surface area contributed by atoms with E-state index in [0.29, 0.717) is 0 Å². The van der Waals surface area contributed by atoms with Crippen LogP contribution in [0.1, 0.15) is 51.3 Å². The second-order valence-electron chi connectivity index (χ2n) is 10.8. The van der Waals surface area contributed by atoms with Crippen LogP contribution in [-0.4, -0.2) is 4.98 Å². The summed E-state index contributed by atoms with van der Waals surface area (Å²) in [5.74, 6) is 0. The molecule has 0 unspecified atom stereocenters. The predicted molar refractivity (Wildman–Crippen MR) is 139 cm³/mol. The van der Waals surface area contributed by atoms with Crippen molar-refractivity contribution in [2.24, 2.45) is 5.41 Å². The smallest absolute Gasteiger partial charge is 0.135 e. The molecule has 0 atom stereocenters. The number of hydrogen-bond donors (Lipinski definition) is 0. The molecule has 5 aromatic rings. The van der Waals surface area contributed by atoms with Gasteiger partial charge in [-0.3, -0.25) is 4.98 Å². The van der Waals surface area contributed by atoms with Crippen molar-refractivity contribution in [1.82, 2.24) is 4.98 Å². The minimum atomic E-state index is -0.154. The average Bonchev–Trinajstić information content (AvgIpc) is 3.16. The Balaban J connectivity index is 1.68. The molecular weight excluding hydrogens is 402 g/mol. The maximum Gasteiger partial charge on any atom is 0.135 e. The first kappa shape index (κ1) is 21.5. The first-order chi connectivity index (χ1) is 15.7. The Kier molecular flexibility index (Phi) is 5.12. The van der Waals surface area contributed by atoms with Crippen LogP contribution in [0.2, 0.25) is 0 Å². The number of rotatable bonds is 4. The number of fused-ring (bicyclic) bond motifs is 3. The molecule has 0 N–H and O–H groups in total. The largest absolute Gasteiger partial charge is 0.456 e. The van der Waals surface area contributed by atoms with Crippen molar-refractivity contribution in [3.63, 3.8) is 0 Å². The molecule has 0 radical (unpaired) electrons. The molecule has 0 amide bonds. The van der Waals surface area contributed by atoms with E-state index in [-0.39, 0.29) is 10.8 Å². The predicted octanol–water partition coefficient (Wildman–Crippen LogP) is 8.56. The Morgan fingerprint density at radius 1 is 0.758 bits per heavy atom. The Hall–Kier alpha value is -3.39. The Labute approximate surface area is 196 Å². The number of furan rings is 1. The van der Waals surface area contributed by atoms with Gasteiger partial charge < -0.3 is 4.42 Å². The van der Waals surface area contributed by atoms with Crippen LogP contribution in [0.4, 0.5) is 0 Å². The average molecular weight is 434 g/mol. The molecule has 2 heteroatoms. The summed E-state index contributed by atoms with van der Waals surface area (Å²) in [7, 11) is 0. The van der Waals surface area contributed by atoms with Crippen molar-refractivity contribution in [1.29, 1.82) is 0 Å². The third-order valence-electron chi connectivity index (χ3n) is 6.52. The van der Waals surface area contributed by atoms with E-state index < -0.39 is 0 Å².